The van der Waals surface area contributed by atoms with Gasteiger partial charge in [0.2, 0.25) is 27.9 Å². The first kappa shape index (κ1) is 59.3. The number of hydrogen-bond acceptors (Lipinski definition) is 23. The number of sulfonamides is 3. The first-order chi connectivity index (χ1) is 35.5. The summed E-state index contributed by atoms with van der Waals surface area (Å²) in [5, 5.41) is 24.8. The van der Waals surface area contributed by atoms with E-state index in [2.05, 4.69) is 60.6 Å². The molecule has 404 valence electrons. The maximum Gasteiger partial charge on any atom is 0.339 e. The summed E-state index contributed by atoms with van der Waals surface area (Å²) in [5.41, 5.74) is 0.566. The average molecular weight is 1120 g/mol. The maximum absolute atomic E-state index is 12.6. The lowest BCUT2D eigenvalue weighted by Crippen LogP contribution is -2.52. The van der Waals surface area contributed by atoms with Crippen LogP contribution in [0.4, 0.5) is 32.2 Å². The molecular weight excluding hydrogens is 1070 g/mol. The second-order valence-corrected chi connectivity index (χ2v) is 20.5. The quantitative estimate of drug-likeness (QED) is 0.0737. The number of urea groups is 3. The molecule has 76 heavy (non-hydrogen) atoms. The van der Waals surface area contributed by atoms with Crippen LogP contribution < -0.4 is 39.6 Å². The fraction of sp³-hybridized carbons (Fsp3) is 0.238. The van der Waals surface area contributed by atoms with Gasteiger partial charge < -0.3 is 24.4 Å². The molecule has 6 amide bonds. The summed E-state index contributed by atoms with van der Waals surface area (Å²) >= 11 is 0. The average Bonchev–Trinajstić information content (AvgIpc) is 3.32. The van der Waals surface area contributed by atoms with E-state index in [0.717, 1.165) is 19.2 Å². The number of aliphatic carboxylic acids is 1. The second-order valence-electron chi connectivity index (χ2n) is 15.1. The highest BCUT2D eigenvalue weighted by atomic mass is 32.2. The van der Waals surface area contributed by atoms with Crippen LogP contribution in [0.2, 0.25) is 0 Å². The van der Waals surface area contributed by atoms with E-state index in [-0.39, 0.29) is 52.0 Å². The third-order valence-corrected chi connectivity index (χ3v) is 14.2. The normalized spacial score (nSPS) is 14.6. The number of methoxy groups -OCH3 is 3. The van der Waals surface area contributed by atoms with Crippen LogP contribution in [-0.4, -0.2) is 137 Å². The van der Waals surface area contributed by atoms with Gasteiger partial charge in [-0.3, -0.25) is 20.7 Å². The van der Waals surface area contributed by atoms with Crippen LogP contribution in [-0.2, 0) is 39.6 Å². The predicted molar refractivity (Wildman–Crippen MR) is 262 cm³/mol. The van der Waals surface area contributed by atoms with Crippen LogP contribution in [0.1, 0.15) is 50.7 Å². The zero-order valence-corrected chi connectivity index (χ0v) is 43.4. The van der Waals surface area contributed by atoms with Crippen LogP contribution in [0.5, 0.6) is 12.0 Å². The molecule has 31 nitrogen and oxygen atoms in total. The largest absolute Gasteiger partial charge is 0.481 e. The Morgan fingerprint density at radius 1 is 0.566 bits per heavy atom. The van der Waals surface area contributed by atoms with Crippen molar-refractivity contribution < 1.29 is 78.4 Å². The van der Waals surface area contributed by atoms with Crippen molar-refractivity contribution in [2.75, 3.05) is 37.3 Å². The number of rotatable bonds is 14. The Hall–Kier alpha value is -9.31. The lowest BCUT2D eigenvalue weighted by Gasteiger charge is -2.31. The molecule has 0 bridgehead atoms. The smallest absolute Gasteiger partial charge is 0.339 e. The molecule has 0 saturated heterocycles. The summed E-state index contributed by atoms with van der Waals surface area (Å²) in [6, 6.07) is 8.44. The number of allylic oxidation sites excluding steroid dienone is 2. The van der Waals surface area contributed by atoms with E-state index in [9.17, 15) is 59.1 Å². The molecule has 0 radical (unpaired) electrons. The molecular formula is C42H46N14O17S3. The molecule has 0 saturated carbocycles. The number of carbonyl (C=O) groups excluding carboxylic acids is 4. The van der Waals surface area contributed by atoms with E-state index in [0.29, 0.717) is 11.4 Å². The van der Waals surface area contributed by atoms with Gasteiger partial charge >= 0.3 is 48.0 Å². The molecule has 1 aliphatic rings. The van der Waals surface area contributed by atoms with Gasteiger partial charge in [0, 0.05) is 11.4 Å². The summed E-state index contributed by atoms with van der Waals surface area (Å²) in [4.78, 5) is 100.0. The number of aromatic nitrogens is 8. The van der Waals surface area contributed by atoms with Gasteiger partial charge in [0.25, 0.3) is 20.0 Å². The summed E-state index contributed by atoms with van der Waals surface area (Å²) in [5.74, 6) is -4.99. The third kappa shape index (κ3) is 15.8. The first-order valence-corrected chi connectivity index (χ1v) is 25.4. The Kier molecular flexibility index (Phi) is 19.6. The molecule has 3 aromatic heterocycles. The van der Waals surface area contributed by atoms with Crippen molar-refractivity contribution in [3.63, 3.8) is 0 Å². The van der Waals surface area contributed by atoms with Gasteiger partial charge in [-0.05, 0) is 65.0 Å². The van der Waals surface area contributed by atoms with E-state index >= 15 is 0 Å². The number of aromatic carboxylic acids is 1. The van der Waals surface area contributed by atoms with Gasteiger partial charge in [0.15, 0.2) is 0 Å². The topological polar surface area (TPSA) is 448 Å². The molecule has 34 heteroatoms. The molecule has 2 aromatic carbocycles. The first-order valence-electron chi connectivity index (χ1n) is 21.0. The minimum absolute atomic E-state index is 0.0357. The number of ether oxygens (including phenoxy) is 3. The summed E-state index contributed by atoms with van der Waals surface area (Å²) < 4.78 is 92.1. The number of carbonyl (C=O) groups is 6. The highest BCUT2D eigenvalue weighted by Crippen LogP contribution is 2.32. The van der Waals surface area contributed by atoms with Crippen LogP contribution >= 0.6 is 0 Å². The van der Waals surface area contributed by atoms with Crippen LogP contribution in [0.3, 0.4) is 0 Å². The number of nitrogens with zero attached hydrogens (tertiary/aromatic N) is 8. The van der Waals surface area contributed by atoms with Crippen LogP contribution in [0, 0.1) is 33.6 Å². The fourth-order valence-corrected chi connectivity index (χ4v) is 9.61. The zero-order valence-electron chi connectivity index (χ0n) is 40.9. The number of esters is 1. The van der Waals surface area contributed by atoms with Gasteiger partial charge in [-0.1, -0.05) is 48.6 Å². The van der Waals surface area contributed by atoms with E-state index in [4.69, 9.17) is 14.6 Å². The van der Waals surface area contributed by atoms with E-state index in [1.165, 1.54) is 95.7 Å². The minimum Gasteiger partial charge on any atom is -0.481 e. The maximum atomic E-state index is 12.6. The Morgan fingerprint density at radius 3 is 1.42 bits per heavy atom. The summed E-state index contributed by atoms with van der Waals surface area (Å²) in [6.07, 6.45) is 5.27. The summed E-state index contributed by atoms with van der Waals surface area (Å²) in [6.45, 7) is 7.68. The molecule has 6 rings (SSSR count). The fourth-order valence-electron chi connectivity index (χ4n) is 6.12. The molecule has 2 unspecified atom stereocenters. The Balaban J connectivity index is 0.000000246. The van der Waals surface area contributed by atoms with Gasteiger partial charge in [0.1, 0.15) is 26.2 Å². The van der Waals surface area contributed by atoms with Crippen molar-refractivity contribution in [1.82, 2.24) is 54.0 Å². The highest BCUT2D eigenvalue weighted by Gasteiger charge is 2.48. The molecule has 1 aliphatic carbocycles. The minimum atomic E-state index is -4.43. The molecule has 3 heterocycles. The number of carboxylic acid groups (broad SMARTS) is 2. The van der Waals surface area contributed by atoms with Crippen molar-refractivity contribution in [2.24, 2.45) is 5.92 Å². The lowest BCUT2D eigenvalue weighted by atomic mass is 9.89. The van der Waals surface area contributed by atoms with Crippen LogP contribution in [0.15, 0.2) is 88.7 Å². The Labute approximate surface area is 432 Å². The summed E-state index contributed by atoms with van der Waals surface area (Å²) in [7, 11) is -9.38. The van der Waals surface area contributed by atoms with Crippen molar-refractivity contribution in [2.45, 2.75) is 49.2 Å². The SMILES string of the molecule is COC(=O)c1ccccc1S(=O)(=O)NC(=O)Nc1nc(C)cc(C)n1.COc1nc(C)nc(NC(=O)NS(=O)(=O)C2(C)C=CC=CC2C(=O)O)n1.COc1nc(C)nc(NC(=O)NS(=O)(=O)c2ccccc2C(=O)O)n1. The van der Waals surface area contributed by atoms with E-state index in [1.807, 2.05) is 4.72 Å². The number of nitrogens with one attached hydrogen (secondary N) is 6. The van der Waals surface area contributed by atoms with Gasteiger partial charge in [-0.15, -0.1) is 0 Å². The monoisotopic (exact) mass is 1110 g/mol. The molecule has 2 atom stereocenters. The molecule has 5 aromatic rings. The zero-order chi connectivity index (χ0) is 56.8. The molecule has 0 aliphatic heterocycles. The Morgan fingerprint density at radius 2 is 0.987 bits per heavy atom. The van der Waals surface area contributed by atoms with Gasteiger partial charge in [-0.2, -0.15) is 29.9 Å². The molecule has 0 spiro atoms. The van der Waals surface area contributed by atoms with Gasteiger partial charge in [0.05, 0.1) is 38.4 Å². The van der Waals surface area contributed by atoms with Crippen LogP contribution in [0.25, 0.3) is 0 Å². The number of benzene rings is 2. The predicted octanol–water partition coefficient (Wildman–Crippen LogP) is 2.01. The van der Waals surface area contributed by atoms with E-state index in [1.54, 1.807) is 29.4 Å². The van der Waals surface area contributed by atoms with Gasteiger partial charge in [-0.25, -0.2) is 73.4 Å². The van der Waals surface area contributed by atoms with Crippen molar-refractivity contribution in [3.8, 4) is 12.0 Å². The van der Waals surface area contributed by atoms with Crippen molar-refractivity contribution >= 4 is 83.9 Å². The lowest BCUT2D eigenvalue weighted by molar-refractivity contribution is -0.140. The third-order valence-electron chi connectivity index (χ3n) is 9.45. The number of amides is 6. The molecule has 0 fully saturated rings. The Bertz CT molecular complexity index is 3450. The number of hydrogen-bond donors (Lipinski definition) is 8. The highest BCUT2D eigenvalue weighted by molar-refractivity contribution is 7.91. The second kappa shape index (κ2) is 25.1. The number of carboxylic acids is 2. The van der Waals surface area contributed by atoms with E-state index < -0.39 is 87.2 Å². The van der Waals surface area contributed by atoms with Crippen molar-refractivity contribution in [3.05, 3.63) is 113 Å². The number of anilines is 3. The standard InChI is InChI=1S/C15H16N4O5S.C14H17N5O6S.C13H13N5O6S/c1-9-8-10(2)17-14(16-9)18-15(21)19-25(22,23)12-7-5-4-6-11(12)13(20)24-3;1-8-15-11(18-13(16-8)25-3)17-12(22)19-26(23,24)14(2)7-5-4-6-9(14)10(20)21;1-7-14-11(17-13(15-7)24-2)16-12(21)18-25(22,23)9-6-4-3-5-8(9)10(19)20/h4-8H,1-3H3,(H2,16,17,18,19,21);4-7,9H,1-3H3,(H,20,21)(H2,15,16,17,18,19,22);3-6H,1-2H3,(H,19,20)(H2,14,15,16,17,18,21). The number of aryl methyl sites for hydroxylation is 4. The molecule has 8 N–H and O–H groups in total. The van der Waals surface area contributed by atoms with Crippen molar-refractivity contribution in [1.29, 1.82) is 0 Å².